The molecule has 0 aliphatic rings. The number of carbonyl (C=O) groups is 2. The third kappa shape index (κ3) is 6.44. The third-order valence-corrected chi connectivity index (χ3v) is 1.87. The summed E-state index contributed by atoms with van der Waals surface area (Å²) < 4.78 is 9.55. The van der Waals surface area contributed by atoms with E-state index in [0.29, 0.717) is 0 Å². The van der Waals surface area contributed by atoms with Gasteiger partial charge in [-0.1, -0.05) is 0 Å². The number of hydrogen-bond donors (Lipinski definition) is 1. The summed E-state index contributed by atoms with van der Waals surface area (Å²) in [5.41, 5.74) is -0.130. The van der Waals surface area contributed by atoms with Crippen LogP contribution in [0.25, 0.3) is 0 Å². The molecule has 0 heterocycles. The van der Waals surface area contributed by atoms with E-state index in [1.54, 1.807) is 38.9 Å². The van der Waals surface area contributed by atoms with Crippen molar-refractivity contribution in [3.05, 3.63) is 23.7 Å². The topological polar surface area (TPSA) is 91.7 Å². The molecule has 0 aromatic carbocycles. The smallest absolute Gasteiger partial charge is 0.356 e. The van der Waals surface area contributed by atoms with E-state index in [-0.39, 0.29) is 24.5 Å². The fourth-order valence-corrected chi connectivity index (χ4v) is 1.11. The van der Waals surface area contributed by atoms with Crippen molar-refractivity contribution in [3.63, 3.8) is 0 Å². The largest absolute Gasteiger partial charge is 0.462 e. The quantitative estimate of drug-likeness (QED) is 0.413. The second kappa shape index (κ2) is 9.44. The van der Waals surface area contributed by atoms with Crippen LogP contribution >= 0.6 is 0 Å². The van der Waals surface area contributed by atoms with Crippen LogP contribution in [0.1, 0.15) is 13.8 Å². The molecule has 7 nitrogen and oxygen atoms in total. The Bertz CT molecular complexity index is 447. The number of nitrogens with one attached hydrogen (secondary N) is 1. The van der Waals surface area contributed by atoms with Gasteiger partial charge in [-0.05, 0) is 13.8 Å². The van der Waals surface area contributed by atoms with E-state index in [4.69, 9.17) is 14.7 Å². The zero-order valence-electron chi connectivity index (χ0n) is 12.1. The fourth-order valence-electron chi connectivity index (χ4n) is 1.11. The minimum Gasteiger partial charge on any atom is -0.462 e. The molecule has 0 spiro atoms. The number of nitrogens with zero attached hydrogens (tertiary/aromatic N) is 2. The lowest BCUT2D eigenvalue weighted by molar-refractivity contribution is -0.139. The van der Waals surface area contributed by atoms with Crippen molar-refractivity contribution in [1.29, 1.82) is 5.26 Å². The maximum atomic E-state index is 11.7. The van der Waals surface area contributed by atoms with E-state index in [1.165, 1.54) is 6.20 Å². The van der Waals surface area contributed by atoms with Crippen LogP contribution in [0.5, 0.6) is 0 Å². The van der Waals surface area contributed by atoms with Crippen LogP contribution in [0.3, 0.4) is 0 Å². The molecule has 0 aliphatic carbocycles. The van der Waals surface area contributed by atoms with Crippen molar-refractivity contribution in [2.24, 2.45) is 0 Å². The fraction of sp³-hybridized carbons (Fsp3) is 0.462. The van der Waals surface area contributed by atoms with E-state index < -0.39 is 11.9 Å². The van der Waals surface area contributed by atoms with Gasteiger partial charge in [0.1, 0.15) is 11.8 Å². The SMILES string of the molecule is CCOC(=O)/C(C#N)=C/N/C(=C/N(C)C)C(=O)OCC. The first-order valence-corrected chi connectivity index (χ1v) is 6.05. The Hall–Kier alpha value is -2.49. The molecule has 1 N–H and O–H groups in total. The van der Waals surface area contributed by atoms with Crippen LogP contribution in [-0.2, 0) is 19.1 Å². The van der Waals surface area contributed by atoms with E-state index in [0.717, 1.165) is 6.20 Å². The van der Waals surface area contributed by atoms with Gasteiger partial charge >= 0.3 is 11.9 Å². The van der Waals surface area contributed by atoms with Crippen LogP contribution in [0.4, 0.5) is 0 Å². The average molecular weight is 281 g/mol. The summed E-state index contributed by atoms with van der Waals surface area (Å²) in [5.74, 6) is -1.34. The summed E-state index contributed by atoms with van der Waals surface area (Å²) in [6, 6.07) is 1.70. The van der Waals surface area contributed by atoms with Crippen molar-refractivity contribution in [2.75, 3.05) is 27.3 Å². The van der Waals surface area contributed by atoms with Crippen molar-refractivity contribution in [1.82, 2.24) is 10.2 Å². The molecule has 0 aliphatic heterocycles. The normalized spacial score (nSPS) is 11.3. The summed E-state index contributed by atoms with van der Waals surface area (Å²) in [7, 11) is 3.45. The van der Waals surface area contributed by atoms with Gasteiger partial charge in [0.05, 0.1) is 13.2 Å². The van der Waals surface area contributed by atoms with Crippen molar-refractivity contribution in [2.45, 2.75) is 13.8 Å². The number of ether oxygens (including phenoxy) is 2. The highest BCUT2D eigenvalue weighted by Crippen LogP contribution is 2.00. The lowest BCUT2D eigenvalue weighted by Crippen LogP contribution is -2.22. The Labute approximate surface area is 118 Å². The zero-order chi connectivity index (χ0) is 15.5. The van der Waals surface area contributed by atoms with E-state index >= 15 is 0 Å². The van der Waals surface area contributed by atoms with Crippen LogP contribution < -0.4 is 5.32 Å². The molecule has 0 radical (unpaired) electrons. The van der Waals surface area contributed by atoms with Crippen molar-refractivity contribution >= 4 is 11.9 Å². The maximum absolute atomic E-state index is 11.7. The van der Waals surface area contributed by atoms with Gasteiger partial charge in [-0.2, -0.15) is 5.26 Å². The number of carbonyl (C=O) groups excluding carboxylic acids is 2. The molecular formula is C13H19N3O4. The molecule has 110 valence electrons. The number of hydrogen-bond acceptors (Lipinski definition) is 7. The predicted octanol–water partition coefficient (Wildman–Crippen LogP) is 0.513. The molecular weight excluding hydrogens is 262 g/mol. The van der Waals surface area contributed by atoms with Gasteiger partial charge in [0.2, 0.25) is 0 Å². The van der Waals surface area contributed by atoms with E-state index in [2.05, 4.69) is 5.32 Å². The van der Waals surface area contributed by atoms with Gasteiger partial charge in [-0.3, -0.25) is 0 Å². The monoisotopic (exact) mass is 281 g/mol. The first kappa shape index (κ1) is 17.5. The van der Waals surface area contributed by atoms with Gasteiger partial charge in [0.25, 0.3) is 0 Å². The second-order valence-corrected chi connectivity index (χ2v) is 3.76. The molecule has 0 unspecified atom stereocenters. The highest BCUT2D eigenvalue weighted by Gasteiger charge is 2.13. The lowest BCUT2D eigenvalue weighted by Gasteiger charge is -2.11. The molecule has 0 fully saturated rings. The highest BCUT2D eigenvalue weighted by atomic mass is 16.5. The van der Waals surface area contributed by atoms with Gasteiger partial charge < -0.3 is 19.7 Å². The standard InChI is InChI=1S/C13H19N3O4/c1-5-19-12(17)10(7-14)8-15-11(9-16(3)4)13(18)20-6-2/h8-9,15H,5-6H2,1-4H3/b10-8+,11-9+. The first-order chi connectivity index (χ1) is 9.46. The van der Waals surface area contributed by atoms with Gasteiger partial charge in [-0.15, -0.1) is 0 Å². The molecule has 0 aromatic rings. The Morgan fingerprint density at radius 3 is 2.20 bits per heavy atom. The van der Waals surface area contributed by atoms with Crippen molar-refractivity contribution < 1.29 is 19.1 Å². The molecule has 0 amide bonds. The second-order valence-electron chi connectivity index (χ2n) is 3.76. The summed E-state index contributed by atoms with van der Waals surface area (Å²) in [6.45, 7) is 3.70. The predicted molar refractivity (Wildman–Crippen MR) is 71.9 cm³/mol. The molecule has 0 rings (SSSR count). The molecule has 20 heavy (non-hydrogen) atoms. The minimum atomic E-state index is -0.754. The Morgan fingerprint density at radius 2 is 1.75 bits per heavy atom. The Morgan fingerprint density at radius 1 is 1.20 bits per heavy atom. The van der Waals surface area contributed by atoms with Gasteiger partial charge in [0, 0.05) is 26.5 Å². The summed E-state index contributed by atoms with van der Waals surface area (Å²) in [5, 5.41) is 11.4. The minimum absolute atomic E-state index is 0.105. The Balaban J connectivity index is 5.03. The van der Waals surface area contributed by atoms with Crippen LogP contribution in [0.15, 0.2) is 23.7 Å². The summed E-state index contributed by atoms with van der Waals surface area (Å²) in [4.78, 5) is 24.7. The number of esters is 2. The summed E-state index contributed by atoms with van der Waals surface area (Å²) in [6.07, 6.45) is 2.60. The lowest BCUT2D eigenvalue weighted by atomic mass is 10.3. The highest BCUT2D eigenvalue weighted by molar-refractivity contribution is 5.93. The zero-order valence-corrected chi connectivity index (χ0v) is 12.1. The van der Waals surface area contributed by atoms with E-state index in [9.17, 15) is 9.59 Å². The molecule has 0 saturated carbocycles. The first-order valence-electron chi connectivity index (χ1n) is 6.05. The van der Waals surface area contributed by atoms with Crippen LogP contribution in [-0.4, -0.2) is 44.1 Å². The average Bonchev–Trinajstić information content (AvgIpc) is 2.38. The maximum Gasteiger partial charge on any atom is 0.356 e. The van der Waals surface area contributed by atoms with Gasteiger partial charge in [-0.25, -0.2) is 9.59 Å². The molecule has 7 heteroatoms. The molecule has 0 saturated heterocycles. The summed E-state index contributed by atoms with van der Waals surface area (Å²) >= 11 is 0. The van der Waals surface area contributed by atoms with Crippen LogP contribution in [0.2, 0.25) is 0 Å². The van der Waals surface area contributed by atoms with E-state index in [1.807, 2.05) is 0 Å². The molecule has 0 atom stereocenters. The van der Waals surface area contributed by atoms with Gasteiger partial charge in [0.15, 0.2) is 5.57 Å². The number of nitriles is 1. The Kier molecular flexibility index (Phi) is 8.27. The molecule has 0 aromatic heterocycles. The van der Waals surface area contributed by atoms with Crippen molar-refractivity contribution in [3.8, 4) is 6.07 Å². The van der Waals surface area contributed by atoms with Crippen LogP contribution in [0, 0.1) is 11.3 Å². The third-order valence-electron chi connectivity index (χ3n) is 1.87. The number of rotatable bonds is 7. The molecule has 0 bridgehead atoms.